The summed E-state index contributed by atoms with van der Waals surface area (Å²) in [6, 6.07) is 8.68. The number of rotatable bonds is 6. The molecule has 0 aliphatic rings. The molecular formula is C19H16FN5O4S. The predicted octanol–water partition coefficient (Wildman–Crippen LogP) is 2.50. The molecule has 0 fully saturated rings. The number of benzene rings is 1. The minimum absolute atomic E-state index is 0.0398. The molecule has 4 aromatic rings. The van der Waals surface area contributed by atoms with Gasteiger partial charge in [0.05, 0.1) is 23.0 Å². The van der Waals surface area contributed by atoms with Gasteiger partial charge in [-0.3, -0.25) is 4.68 Å². The van der Waals surface area contributed by atoms with E-state index in [-0.39, 0.29) is 23.3 Å². The summed E-state index contributed by atoms with van der Waals surface area (Å²) in [5.74, 6) is 0.0424. The highest BCUT2D eigenvalue weighted by Crippen LogP contribution is 2.28. The quantitative estimate of drug-likeness (QED) is 0.499. The molecule has 3 aromatic heterocycles. The van der Waals surface area contributed by atoms with Crippen molar-refractivity contribution in [1.82, 2.24) is 19.7 Å². The molecule has 9 nitrogen and oxygen atoms in total. The average Bonchev–Trinajstić information content (AvgIpc) is 3.34. The summed E-state index contributed by atoms with van der Waals surface area (Å²) in [5, 5.41) is 9.41. The third kappa shape index (κ3) is 4.07. The van der Waals surface area contributed by atoms with E-state index in [2.05, 4.69) is 15.1 Å². The minimum Gasteiger partial charge on any atom is -0.471 e. The Labute approximate surface area is 171 Å². The van der Waals surface area contributed by atoms with Crippen molar-refractivity contribution in [3.05, 3.63) is 66.6 Å². The van der Waals surface area contributed by atoms with Crippen LogP contribution in [0.5, 0.6) is 5.88 Å². The van der Waals surface area contributed by atoms with Crippen LogP contribution in [0.1, 0.15) is 5.69 Å². The van der Waals surface area contributed by atoms with Crippen LogP contribution in [-0.4, -0.2) is 28.2 Å². The van der Waals surface area contributed by atoms with Crippen LogP contribution in [0.2, 0.25) is 0 Å². The van der Waals surface area contributed by atoms with Crippen LogP contribution in [0.15, 0.2) is 64.4 Å². The molecule has 0 atom stereocenters. The van der Waals surface area contributed by atoms with Gasteiger partial charge in [-0.05, 0) is 24.3 Å². The van der Waals surface area contributed by atoms with Gasteiger partial charge in [-0.2, -0.15) is 5.10 Å². The largest absolute Gasteiger partial charge is 0.471 e. The summed E-state index contributed by atoms with van der Waals surface area (Å²) in [4.78, 5) is 8.26. The lowest BCUT2D eigenvalue weighted by Crippen LogP contribution is -2.11. The number of ether oxygens (including phenoxy) is 1. The fourth-order valence-corrected chi connectivity index (χ4v) is 3.33. The van der Waals surface area contributed by atoms with E-state index in [0.717, 1.165) is 6.20 Å². The molecule has 3 heterocycles. The van der Waals surface area contributed by atoms with Gasteiger partial charge < -0.3 is 9.15 Å². The molecule has 4 rings (SSSR count). The van der Waals surface area contributed by atoms with Gasteiger partial charge in [-0.15, -0.1) is 0 Å². The molecule has 11 heteroatoms. The molecule has 0 aliphatic heterocycles. The number of hydrogen-bond donors (Lipinski definition) is 1. The molecule has 0 aliphatic carbocycles. The molecule has 0 bridgehead atoms. The van der Waals surface area contributed by atoms with Crippen molar-refractivity contribution in [2.45, 2.75) is 11.5 Å². The van der Waals surface area contributed by atoms with E-state index in [0.29, 0.717) is 22.5 Å². The number of nitrogens with two attached hydrogens (primary N) is 1. The van der Waals surface area contributed by atoms with Gasteiger partial charge >= 0.3 is 0 Å². The van der Waals surface area contributed by atoms with E-state index in [1.807, 2.05) is 0 Å². The van der Waals surface area contributed by atoms with E-state index in [1.165, 1.54) is 30.5 Å². The maximum Gasteiger partial charge on any atom is 0.238 e. The van der Waals surface area contributed by atoms with Gasteiger partial charge in [0, 0.05) is 24.2 Å². The lowest BCUT2D eigenvalue weighted by molar-refractivity contribution is 0.283. The highest BCUT2D eigenvalue weighted by molar-refractivity contribution is 7.89. The number of oxazole rings is 1. The Kier molecular flexibility index (Phi) is 5.06. The molecule has 0 saturated carbocycles. The number of pyridine rings is 1. The van der Waals surface area contributed by atoms with E-state index < -0.39 is 15.8 Å². The van der Waals surface area contributed by atoms with E-state index in [1.54, 1.807) is 30.1 Å². The van der Waals surface area contributed by atoms with Crippen molar-refractivity contribution in [1.29, 1.82) is 0 Å². The second-order valence-electron chi connectivity index (χ2n) is 6.34. The molecule has 2 N–H and O–H groups in total. The predicted molar refractivity (Wildman–Crippen MR) is 104 cm³/mol. The fraction of sp³-hybridized carbons (Fsp3) is 0.105. The maximum atomic E-state index is 13.0. The minimum atomic E-state index is -3.85. The molecule has 0 unspecified atom stereocenters. The van der Waals surface area contributed by atoms with Crippen LogP contribution in [-0.2, 0) is 23.7 Å². The Morgan fingerprint density at radius 2 is 2.07 bits per heavy atom. The third-order valence-corrected chi connectivity index (χ3v) is 5.22. The number of nitrogens with zero attached hydrogens (tertiary/aromatic N) is 4. The van der Waals surface area contributed by atoms with Gasteiger partial charge in [0.2, 0.25) is 21.8 Å². The molecule has 30 heavy (non-hydrogen) atoms. The van der Waals surface area contributed by atoms with Crippen LogP contribution < -0.4 is 9.88 Å². The van der Waals surface area contributed by atoms with Crippen LogP contribution >= 0.6 is 0 Å². The monoisotopic (exact) mass is 429 g/mol. The molecule has 154 valence electrons. The highest BCUT2D eigenvalue weighted by Gasteiger charge is 2.17. The highest BCUT2D eigenvalue weighted by atomic mass is 32.2. The van der Waals surface area contributed by atoms with Crippen molar-refractivity contribution < 1.29 is 22.0 Å². The lowest BCUT2D eigenvalue weighted by atomic mass is 10.2. The van der Waals surface area contributed by atoms with Gasteiger partial charge in [-0.25, -0.2) is 27.9 Å². The van der Waals surface area contributed by atoms with Crippen molar-refractivity contribution in [3.63, 3.8) is 0 Å². The zero-order valence-electron chi connectivity index (χ0n) is 15.7. The van der Waals surface area contributed by atoms with E-state index in [9.17, 15) is 12.8 Å². The van der Waals surface area contributed by atoms with Gasteiger partial charge in [0.15, 0.2) is 0 Å². The van der Waals surface area contributed by atoms with Gasteiger partial charge in [0.1, 0.15) is 24.4 Å². The lowest BCUT2D eigenvalue weighted by Gasteiger charge is -2.07. The number of aryl methyl sites for hydroxylation is 1. The van der Waals surface area contributed by atoms with Crippen LogP contribution in [0.3, 0.4) is 0 Å². The Morgan fingerprint density at radius 3 is 2.80 bits per heavy atom. The molecule has 0 amide bonds. The first-order chi connectivity index (χ1) is 14.3. The molecular weight excluding hydrogens is 413 g/mol. The summed E-state index contributed by atoms with van der Waals surface area (Å²) in [6.45, 7) is 0.119. The molecule has 1 aromatic carbocycles. The molecule has 0 saturated heterocycles. The zero-order valence-corrected chi connectivity index (χ0v) is 16.5. The maximum absolute atomic E-state index is 13.0. The Balaban J connectivity index is 1.61. The Morgan fingerprint density at radius 1 is 1.23 bits per heavy atom. The smallest absolute Gasteiger partial charge is 0.238 e. The normalized spacial score (nSPS) is 11.6. The molecule has 0 radical (unpaired) electrons. The second kappa shape index (κ2) is 7.69. The van der Waals surface area contributed by atoms with E-state index >= 15 is 0 Å². The summed E-state index contributed by atoms with van der Waals surface area (Å²) in [5.41, 5.74) is 2.31. The van der Waals surface area contributed by atoms with E-state index in [4.69, 9.17) is 14.3 Å². The van der Waals surface area contributed by atoms with Gasteiger partial charge in [0.25, 0.3) is 0 Å². The molecule has 0 spiro atoms. The first-order valence-corrected chi connectivity index (χ1v) is 10.2. The summed E-state index contributed by atoms with van der Waals surface area (Å²) >= 11 is 0. The fourth-order valence-electron chi connectivity index (χ4n) is 2.77. The second-order valence-corrected chi connectivity index (χ2v) is 7.90. The Hall–Kier alpha value is -3.57. The number of aromatic nitrogens is 4. The number of primary sulfonamides is 1. The number of sulfonamides is 1. The number of halogens is 1. The SMILES string of the molecule is Cn1ncc(-c2coc(-c3cccc(S(N)(=O)=O)c3)n2)c1COc1ccc(F)cn1. The van der Waals surface area contributed by atoms with Crippen molar-refractivity contribution in [3.8, 4) is 28.6 Å². The third-order valence-electron chi connectivity index (χ3n) is 4.31. The average molecular weight is 429 g/mol. The van der Waals surface area contributed by atoms with Crippen LogP contribution in [0.25, 0.3) is 22.7 Å². The first kappa shape index (κ1) is 19.7. The van der Waals surface area contributed by atoms with Gasteiger partial charge in [-0.1, -0.05) is 6.07 Å². The Bertz CT molecular complexity index is 1300. The topological polar surface area (TPSA) is 126 Å². The van der Waals surface area contributed by atoms with Crippen molar-refractivity contribution in [2.24, 2.45) is 12.2 Å². The van der Waals surface area contributed by atoms with Crippen LogP contribution in [0, 0.1) is 5.82 Å². The van der Waals surface area contributed by atoms with Crippen molar-refractivity contribution >= 4 is 10.0 Å². The number of hydrogen-bond acceptors (Lipinski definition) is 7. The summed E-state index contributed by atoms with van der Waals surface area (Å²) in [7, 11) is -2.10. The van der Waals surface area contributed by atoms with Crippen molar-refractivity contribution in [2.75, 3.05) is 0 Å². The summed E-state index contributed by atoms with van der Waals surface area (Å²) in [6.07, 6.45) is 4.12. The first-order valence-electron chi connectivity index (χ1n) is 8.65. The zero-order chi connectivity index (χ0) is 21.3. The van der Waals surface area contributed by atoms with Crippen LogP contribution in [0.4, 0.5) is 4.39 Å². The standard InChI is InChI=1S/C19H16FN5O4S/c1-25-17(11-28-18-6-5-13(20)8-22-18)15(9-23-25)16-10-29-19(24-16)12-3-2-4-14(7-12)30(21,26)27/h2-10H,11H2,1H3,(H2,21,26,27). The summed E-state index contributed by atoms with van der Waals surface area (Å²) < 4.78 is 48.9.